The first-order chi connectivity index (χ1) is 10.4. The molecule has 0 spiro atoms. The smallest absolute Gasteiger partial charge is 0.170 e. The van der Waals surface area contributed by atoms with E-state index in [0.29, 0.717) is 16.6 Å². The zero-order valence-corrected chi connectivity index (χ0v) is 15.4. The zero-order valence-electron chi connectivity index (χ0n) is 13.8. The molecule has 1 saturated carbocycles. The van der Waals surface area contributed by atoms with Gasteiger partial charge in [0.25, 0.3) is 0 Å². The van der Waals surface area contributed by atoms with Crippen molar-refractivity contribution in [3.8, 4) is 0 Å². The van der Waals surface area contributed by atoms with E-state index in [1.165, 1.54) is 32.1 Å². The van der Waals surface area contributed by atoms with Crippen LogP contribution in [0.15, 0.2) is 24.3 Å². The molecule has 4 heteroatoms. The van der Waals surface area contributed by atoms with E-state index in [-0.39, 0.29) is 0 Å². The topological polar surface area (TPSA) is 24.1 Å². The number of benzene rings is 1. The molecule has 2 nitrogen and oxygen atoms in total. The number of rotatable bonds is 4. The van der Waals surface area contributed by atoms with Crippen molar-refractivity contribution in [1.29, 1.82) is 0 Å². The molecule has 0 amide bonds. The second-order valence-corrected chi connectivity index (χ2v) is 7.84. The number of thiocarbonyl (C=S) groups is 1. The molecule has 1 fully saturated rings. The predicted molar refractivity (Wildman–Crippen MR) is 101 cm³/mol. The summed E-state index contributed by atoms with van der Waals surface area (Å²) in [7, 11) is 0. The monoisotopic (exact) mass is 338 g/mol. The number of hydrogen-bond donors (Lipinski definition) is 2. The highest BCUT2D eigenvalue weighted by Gasteiger charge is 2.31. The van der Waals surface area contributed by atoms with Crippen LogP contribution in [0, 0.1) is 11.3 Å². The first kappa shape index (κ1) is 17.6. The van der Waals surface area contributed by atoms with Crippen LogP contribution in [-0.4, -0.2) is 11.2 Å². The summed E-state index contributed by atoms with van der Waals surface area (Å²) in [5.41, 5.74) is 1.44. The molecule has 0 atom stereocenters. The maximum atomic E-state index is 5.89. The summed E-state index contributed by atoms with van der Waals surface area (Å²) < 4.78 is 0. The molecule has 1 aliphatic carbocycles. The van der Waals surface area contributed by atoms with Crippen molar-refractivity contribution in [3.63, 3.8) is 0 Å². The SMILES string of the molecule is CCC(C)(C)C1CCC(NC(=S)Nc2ccc(Cl)cc2)CC1. The van der Waals surface area contributed by atoms with E-state index in [2.05, 4.69) is 31.4 Å². The highest BCUT2D eigenvalue weighted by molar-refractivity contribution is 7.80. The quantitative estimate of drug-likeness (QED) is 0.696. The molecule has 2 rings (SSSR count). The first-order valence-corrected chi connectivity index (χ1v) is 9.02. The van der Waals surface area contributed by atoms with Gasteiger partial charge in [0.1, 0.15) is 0 Å². The lowest BCUT2D eigenvalue weighted by Gasteiger charge is -2.39. The van der Waals surface area contributed by atoms with E-state index in [0.717, 1.165) is 16.6 Å². The summed E-state index contributed by atoms with van der Waals surface area (Å²) in [5.74, 6) is 0.841. The lowest BCUT2D eigenvalue weighted by Crippen LogP contribution is -2.41. The maximum Gasteiger partial charge on any atom is 0.170 e. The fourth-order valence-electron chi connectivity index (χ4n) is 3.19. The van der Waals surface area contributed by atoms with E-state index in [4.69, 9.17) is 23.8 Å². The second kappa shape index (κ2) is 7.65. The standard InChI is InChI=1S/C18H27ClN2S/c1-4-18(2,3)13-5-9-15(10-6-13)20-17(22)21-16-11-7-14(19)8-12-16/h7-8,11-13,15H,4-6,9-10H2,1-3H3,(H2,20,21,22). The lowest BCUT2D eigenvalue weighted by molar-refractivity contribution is 0.141. The highest BCUT2D eigenvalue weighted by atomic mass is 35.5. The van der Waals surface area contributed by atoms with Gasteiger partial charge in [0.2, 0.25) is 0 Å². The minimum atomic E-state index is 0.465. The van der Waals surface area contributed by atoms with E-state index < -0.39 is 0 Å². The Morgan fingerprint density at radius 2 is 1.77 bits per heavy atom. The summed E-state index contributed by atoms with van der Waals surface area (Å²) in [5, 5.41) is 8.14. The number of hydrogen-bond acceptors (Lipinski definition) is 1. The van der Waals surface area contributed by atoms with Crippen LogP contribution < -0.4 is 10.6 Å². The molecular weight excluding hydrogens is 312 g/mol. The number of halogens is 1. The molecule has 2 N–H and O–H groups in total. The molecule has 0 heterocycles. The second-order valence-electron chi connectivity index (χ2n) is 7.00. The van der Waals surface area contributed by atoms with Crippen molar-refractivity contribution in [1.82, 2.24) is 5.32 Å². The van der Waals surface area contributed by atoms with Gasteiger partial charge in [-0.2, -0.15) is 0 Å². The molecule has 1 aromatic carbocycles. The zero-order chi connectivity index (χ0) is 16.2. The molecule has 22 heavy (non-hydrogen) atoms. The van der Waals surface area contributed by atoms with Crippen molar-refractivity contribution < 1.29 is 0 Å². The van der Waals surface area contributed by atoms with Crippen molar-refractivity contribution in [3.05, 3.63) is 29.3 Å². The molecule has 0 bridgehead atoms. The Balaban J connectivity index is 1.78. The summed E-state index contributed by atoms with van der Waals surface area (Å²) >= 11 is 11.3. The average molecular weight is 339 g/mol. The van der Waals surface area contributed by atoms with E-state index in [1.807, 2.05) is 24.3 Å². The third-order valence-corrected chi connectivity index (χ3v) is 5.65. The highest BCUT2D eigenvalue weighted by Crippen LogP contribution is 2.40. The van der Waals surface area contributed by atoms with Crippen molar-refractivity contribution >= 4 is 34.6 Å². The van der Waals surface area contributed by atoms with Gasteiger partial charge in [-0.1, -0.05) is 38.8 Å². The van der Waals surface area contributed by atoms with Crippen molar-refractivity contribution in [2.75, 3.05) is 5.32 Å². The molecule has 0 unspecified atom stereocenters. The van der Waals surface area contributed by atoms with Gasteiger partial charge < -0.3 is 10.6 Å². The minimum absolute atomic E-state index is 0.465. The molecule has 122 valence electrons. The van der Waals surface area contributed by atoms with Gasteiger partial charge >= 0.3 is 0 Å². The van der Waals surface area contributed by atoms with Crippen LogP contribution in [0.25, 0.3) is 0 Å². The van der Waals surface area contributed by atoms with Crippen LogP contribution in [0.4, 0.5) is 5.69 Å². The molecule has 0 radical (unpaired) electrons. The maximum absolute atomic E-state index is 5.89. The molecule has 1 aromatic rings. The Morgan fingerprint density at radius 1 is 1.18 bits per heavy atom. The Morgan fingerprint density at radius 3 is 2.32 bits per heavy atom. The van der Waals surface area contributed by atoms with Gasteiger partial charge in [-0.05, 0) is 73.5 Å². The first-order valence-electron chi connectivity index (χ1n) is 8.24. The molecule has 0 aliphatic heterocycles. The van der Waals surface area contributed by atoms with Crippen LogP contribution in [0.2, 0.25) is 5.02 Å². The number of nitrogens with one attached hydrogen (secondary N) is 2. The van der Waals surface area contributed by atoms with E-state index >= 15 is 0 Å². The number of anilines is 1. The fourth-order valence-corrected chi connectivity index (χ4v) is 3.60. The molecular formula is C18H27ClN2S. The summed E-state index contributed by atoms with van der Waals surface area (Å²) in [6.07, 6.45) is 6.25. The molecule has 1 aliphatic rings. The van der Waals surface area contributed by atoms with Gasteiger partial charge in [0.15, 0.2) is 5.11 Å². The summed E-state index contributed by atoms with van der Waals surface area (Å²) in [4.78, 5) is 0. The Labute approximate surface area is 145 Å². The largest absolute Gasteiger partial charge is 0.360 e. The molecule has 0 aromatic heterocycles. The van der Waals surface area contributed by atoms with Gasteiger partial charge in [-0.15, -0.1) is 0 Å². The normalized spacial score (nSPS) is 22.2. The Kier molecular flexibility index (Phi) is 6.10. The van der Waals surface area contributed by atoms with Gasteiger partial charge in [-0.3, -0.25) is 0 Å². The minimum Gasteiger partial charge on any atom is -0.360 e. The van der Waals surface area contributed by atoms with Crippen molar-refractivity contribution in [2.45, 2.75) is 58.9 Å². The van der Waals surface area contributed by atoms with Crippen LogP contribution in [-0.2, 0) is 0 Å². The Bertz CT molecular complexity index is 490. The third-order valence-electron chi connectivity index (χ3n) is 5.18. The van der Waals surface area contributed by atoms with Gasteiger partial charge in [0.05, 0.1) is 0 Å². The van der Waals surface area contributed by atoms with E-state index in [1.54, 1.807) is 0 Å². The summed E-state index contributed by atoms with van der Waals surface area (Å²) in [6.45, 7) is 7.10. The van der Waals surface area contributed by atoms with Gasteiger partial charge in [-0.25, -0.2) is 0 Å². The predicted octanol–water partition coefficient (Wildman–Crippen LogP) is 5.62. The average Bonchev–Trinajstić information content (AvgIpc) is 2.50. The van der Waals surface area contributed by atoms with Crippen LogP contribution in [0.3, 0.4) is 0 Å². The van der Waals surface area contributed by atoms with E-state index in [9.17, 15) is 0 Å². The third kappa shape index (κ3) is 4.85. The van der Waals surface area contributed by atoms with Crippen LogP contribution >= 0.6 is 23.8 Å². The van der Waals surface area contributed by atoms with Crippen LogP contribution in [0.1, 0.15) is 52.9 Å². The van der Waals surface area contributed by atoms with Crippen LogP contribution in [0.5, 0.6) is 0 Å². The summed E-state index contributed by atoms with van der Waals surface area (Å²) in [6, 6.07) is 8.11. The molecule has 0 saturated heterocycles. The van der Waals surface area contributed by atoms with Gasteiger partial charge in [0, 0.05) is 16.8 Å². The lowest BCUT2D eigenvalue weighted by atomic mass is 9.69. The Hall–Kier alpha value is -0.800. The van der Waals surface area contributed by atoms with Crippen molar-refractivity contribution in [2.24, 2.45) is 11.3 Å². The fraction of sp³-hybridized carbons (Fsp3) is 0.611.